The van der Waals surface area contributed by atoms with Crippen molar-refractivity contribution < 1.29 is 14.5 Å². The highest BCUT2D eigenvalue weighted by Gasteiger charge is 2.24. The van der Waals surface area contributed by atoms with Crippen molar-refractivity contribution in [1.29, 1.82) is 0 Å². The average molecular weight is 359 g/mol. The molecule has 1 aromatic carbocycles. The predicted molar refractivity (Wildman–Crippen MR) is 97.8 cm³/mol. The van der Waals surface area contributed by atoms with Crippen LogP contribution in [-0.4, -0.2) is 34.0 Å². The van der Waals surface area contributed by atoms with Crippen molar-refractivity contribution in [3.63, 3.8) is 0 Å². The Morgan fingerprint density at radius 3 is 2.65 bits per heavy atom. The number of benzene rings is 1. The van der Waals surface area contributed by atoms with E-state index in [2.05, 4.69) is 20.6 Å². The summed E-state index contributed by atoms with van der Waals surface area (Å²) >= 11 is 0. The standard InChI is InChI=1S/C17H21N5O4/c1-3-5-10-18-15-14(22(24)25)16(20-11-19-15)21-13-9-7-6-8-12(13)17(23)26-4-2/h6-9,11H,3-5,10H2,1-2H3,(H2,18,19,20,21). The summed E-state index contributed by atoms with van der Waals surface area (Å²) in [5.74, 6) is -0.385. The van der Waals surface area contributed by atoms with Gasteiger partial charge in [0.1, 0.15) is 6.33 Å². The van der Waals surface area contributed by atoms with Crippen LogP contribution in [0.5, 0.6) is 0 Å². The lowest BCUT2D eigenvalue weighted by Crippen LogP contribution is -2.11. The summed E-state index contributed by atoms with van der Waals surface area (Å²) in [6, 6.07) is 6.60. The number of carbonyl (C=O) groups is 1. The molecule has 0 aliphatic rings. The maximum absolute atomic E-state index is 12.1. The van der Waals surface area contributed by atoms with Crippen molar-refractivity contribution in [3.05, 3.63) is 46.3 Å². The van der Waals surface area contributed by atoms with Crippen molar-refractivity contribution in [2.24, 2.45) is 0 Å². The van der Waals surface area contributed by atoms with Crippen LogP contribution in [-0.2, 0) is 4.74 Å². The van der Waals surface area contributed by atoms with E-state index < -0.39 is 10.9 Å². The molecule has 1 heterocycles. The number of rotatable bonds is 9. The predicted octanol–water partition coefficient (Wildman–Crippen LogP) is 3.52. The number of carbonyl (C=O) groups excluding carboxylic acids is 1. The van der Waals surface area contributed by atoms with Gasteiger partial charge in [0.05, 0.1) is 22.8 Å². The molecule has 0 saturated heterocycles. The highest BCUT2D eigenvalue weighted by Crippen LogP contribution is 2.32. The zero-order chi connectivity index (χ0) is 18.9. The average Bonchev–Trinajstić information content (AvgIpc) is 2.62. The highest BCUT2D eigenvalue weighted by atomic mass is 16.6. The second kappa shape index (κ2) is 9.30. The van der Waals surface area contributed by atoms with Crippen LogP contribution < -0.4 is 10.6 Å². The van der Waals surface area contributed by atoms with Gasteiger partial charge >= 0.3 is 11.7 Å². The van der Waals surface area contributed by atoms with Crippen LogP contribution in [0.15, 0.2) is 30.6 Å². The Morgan fingerprint density at radius 1 is 1.23 bits per heavy atom. The zero-order valence-electron chi connectivity index (χ0n) is 14.7. The van der Waals surface area contributed by atoms with Gasteiger partial charge in [-0.2, -0.15) is 0 Å². The third-order valence-electron chi connectivity index (χ3n) is 3.50. The number of hydrogen-bond donors (Lipinski definition) is 2. The topological polar surface area (TPSA) is 119 Å². The SMILES string of the molecule is CCCCNc1ncnc(Nc2ccccc2C(=O)OCC)c1[N+](=O)[O-]. The van der Waals surface area contributed by atoms with Crippen LogP contribution in [0.3, 0.4) is 0 Å². The fourth-order valence-corrected chi connectivity index (χ4v) is 2.26. The Labute approximate surface area is 151 Å². The summed E-state index contributed by atoms with van der Waals surface area (Å²) in [5, 5.41) is 17.4. The van der Waals surface area contributed by atoms with Crippen LogP contribution in [0, 0.1) is 10.1 Å². The smallest absolute Gasteiger partial charge is 0.353 e. The Bertz CT molecular complexity index is 781. The fraction of sp³-hybridized carbons (Fsp3) is 0.353. The molecular formula is C17H21N5O4. The highest BCUT2D eigenvalue weighted by molar-refractivity contribution is 5.96. The van der Waals surface area contributed by atoms with E-state index in [0.29, 0.717) is 12.2 Å². The van der Waals surface area contributed by atoms with Crippen LogP contribution in [0.25, 0.3) is 0 Å². The van der Waals surface area contributed by atoms with E-state index >= 15 is 0 Å². The summed E-state index contributed by atoms with van der Waals surface area (Å²) in [6.07, 6.45) is 3.04. The maximum Gasteiger partial charge on any atom is 0.353 e. The van der Waals surface area contributed by atoms with E-state index in [9.17, 15) is 14.9 Å². The first-order chi connectivity index (χ1) is 12.6. The molecule has 0 radical (unpaired) electrons. The molecule has 0 amide bonds. The van der Waals surface area contributed by atoms with Gasteiger partial charge in [-0.3, -0.25) is 10.1 Å². The Balaban J connectivity index is 2.37. The Morgan fingerprint density at radius 2 is 1.96 bits per heavy atom. The zero-order valence-corrected chi connectivity index (χ0v) is 14.7. The number of para-hydroxylation sites is 1. The minimum atomic E-state index is -0.552. The van der Waals surface area contributed by atoms with Gasteiger partial charge < -0.3 is 15.4 Å². The maximum atomic E-state index is 12.1. The number of aromatic nitrogens is 2. The van der Waals surface area contributed by atoms with Gasteiger partial charge in [-0.15, -0.1) is 0 Å². The Kier molecular flexibility index (Phi) is 6.84. The number of unbranched alkanes of at least 4 members (excludes halogenated alkanes) is 1. The van der Waals surface area contributed by atoms with E-state index in [1.54, 1.807) is 31.2 Å². The minimum Gasteiger partial charge on any atom is -0.462 e. The molecule has 0 aliphatic carbocycles. The van der Waals surface area contributed by atoms with E-state index in [4.69, 9.17) is 4.74 Å². The number of nitrogens with one attached hydrogen (secondary N) is 2. The summed E-state index contributed by atoms with van der Waals surface area (Å²) in [5.41, 5.74) is 0.359. The number of anilines is 3. The van der Waals surface area contributed by atoms with E-state index in [1.165, 1.54) is 6.33 Å². The molecule has 9 heteroatoms. The number of esters is 1. The number of nitrogens with zero attached hydrogens (tertiary/aromatic N) is 3. The van der Waals surface area contributed by atoms with Crippen molar-refractivity contribution in [3.8, 4) is 0 Å². The quantitative estimate of drug-likeness (QED) is 0.302. The monoisotopic (exact) mass is 359 g/mol. The molecule has 0 saturated carbocycles. The normalized spacial score (nSPS) is 10.2. The third kappa shape index (κ3) is 4.65. The number of ether oxygens (including phenoxy) is 1. The van der Waals surface area contributed by atoms with Gasteiger partial charge in [0, 0.05) is 6.54 Å². The van der Waals surface area contributed by atoms with Gasteiger partial charge in [0.15, 0.2) is 0 Å². The van der Waals surface area contributed by atoms with E-state index in [0.717, 1.165) is 12.8 Å². The van der Waals surface area contributed by atoms with Crippen LogP contribution in [0.4, 0.5) is 23.0 Å². The lowest BCUT2D eigenvalue weighted by molar-refractivity contribution is -0.383. The lowest BCUT2D eigenvalue weighted by atomic mass is 10.2. The second-order valence-electron chi connectivity index (χ2n) is 5.35. The molecule has 0 bridgehead atoms. The number of hydrogen-bond acceptors (Lipinski definition) is 8. The largest absolute Gasteiger partial charge is 0.462 e. The minimum absolute atomic E-state index is 0.000692. The summed E-state index contributed by atoms with van der Waals surface area (Å²) in [4.78, 5) is 31.0. The summed E-state index contributed by atoms with van der Waals surface area (Å²) in [7, 11) is 0. The molecule has 2 aromatic rings. The van der Waals surface area contributed by atoms with Gasteiger partial charge in [-0.1, -0.05) is 25.5 Å². The van der Waals surface area contributed by atoms with E-state index in [1.807, 2.05) is 6.92 Å². The van der Waals surface area contributed by atoms with E-state index in [-0.39, 0.29) is 29.5 Å². The molecule has 1 aromatic heterocycles. The lowest BCUT2D eigenvalue weighted by Gasteiger charge is -2.12. The molecular weight excluding hydrogens is 338 g/mol. The Hall–Kier alpha value is -3.23. The fourth-order valence-electron chi connectivity index (χ4n) is 2.26. The van der Waals surface area contributed by atoms with Crippen molar-refractivity contribution in [2.75, 3.05) is 23.8 Å². The first-order valence-electron chi connectivity index (χ1n) is 8.34. The molecule has 0 unspecified atom stereocenters. The van der Waals surface area contributed by atoms with Crippen LogP contribution >= 0.6 is 0 Å². The van der Waals surface area contributed by atoms with Gasteiger partial charge in [-0.25, -0.2) is 14.8 Å². The van der Waals surface area contributed by atoms with Crippen LogP contribution in [0.1, 0.15) is 37.0 Å². The molecule has 0 atom stereocenters. The first-order valence-corrected chi connectivity index (χ1v) is 8.34. The molecule has 2 N–H and O–H groups in total. The molecule has 0 aliphatic heterocycles. The van der Waals surface area contributed by atoms with Crippen molar-refractivity contribution in [1.82, 2.24) is 9.97 Å². The molecule has 2 rings (SSSR count). The molecule has 26 heavy (non-hydrogen) atoms. The molecule has 138 valence electrons. The molecule has 0 spiro atoms. The number of nitro groups is 1. The molecule has 0 fully saturated rings. The summed E-state index contributed by atoms with van der Waals surface area (Å²) < 4.78 is 5.02. The molecule has 9 nitrogen and oxygen atoms in total. The summed E-state index contributed by atoms with van der Waals surface area (Å²) in [6.45, 7) is 4.52. The first kappa shape index (κ1) is 19.1. The van der Waals surface area contributed by atoms with Crippen LogP contribution in [0.2, 0.25) is 0 Å². The second-order valence-corrected chi connectivity index (χ2v) is 5.35. The van der Waals surface area contributed by atoms with Gasteiger partial charge in [0.25, 0.3) is 0 Å². The van der Waals surface area contributed by atoms with Gasteiger partial charge in [-0.05, 0) is 25.5 Å². The van der Waals surface area contributed by atoms with Crippen molar-refractivity contribution in [2.45, 2.75) is 26.7 Å². The van der Waals surface area contributed by atoms with Gasteiger partial charge in [0.2, 0.25) is 11.6 Å². The third-order valence-corrected chi connectivity index (χ3v) is 3.50. The van der Waals surface area contributed by atoms with Crippen molar-refractivity contribution >= 4 is 29.0 Å².